The molecule has 0 atom stereocenters. The largest absolute Gasteiger partial charge is 0.456 e. The average molecular weight is 237 g/mol. The van der Waals surface area contributed by atoms with Crippen LogP contribution < -0.4 is 0 Å². The molecular formula is C13H16FNO2. The van der Waals surface area contributed by atoms with Gasteiger partial charge in [-0.05, 0) is 45.1 Å². The lowest BCUT2D eigenvalue weighted by Gasteiger charge is -2.20. The molecule has 0 amide bonds. The molecule has 1 saturated carbocycles. The lowest BCUT2D eigenvalue weighted by Crippen LogP contribution is -2.25. The van der Waals surface area contributed by atoms with Crippen molar-refractivity contribution < 1.29 is 13.9 Å². The summed E-state index contributed by atoms with van der Waals surface area (Å²) in [6, 6.07) is 0. The standard InChI is InChI=1S/C13H16FNO2/c1-13(2,3)17-12(16)11-9(8-4-5-8)6-15-7-10(11)14/h6-8H,4-5H2,1-3H3. The van der Waals surface area contributed by atoms with Crippen LogP contribution in [-0.4, -0.2) is 16.6 Å². The molecule has 0 radical (unpaired) electrons. The van der Waals surface area contributed by atoms with Crippen molar-refractivity contribution in [2.24, 2.45) is 0 Å². The summed E-state index contributed by atoms with van der Waals surface area (Å²) < 4.78 is 18.9. The Hall–Kier alpha value is -1.45. The zero-order chi connectivity index (χ0) is 12.6. The molecule has 0 saturated heterocycles. The predicted molar refractivity (Wildman–Crippen MR) is 61.3 cm³/mol. The van der Waals surface area contributed by atoms with Gasteiger partial charge in [0.25, 0.3) is 0 Å². The molecule has 3 nitrogen and oxygen atoms in total. The number of esters is 1. The lowest BCUT2D eigenvalue weighted by atomic mass is 10.1. The van der Waals surface area contributed by atoms with Gasteiger partial charge in [-0.25, -0.2) is 9.18 Å². The molecule has 0 spiro atoms. The fourth-order valence-corrected chi connectivity index (χ4v) is 1.70. The first-order valence-electron chi connectivity index (χ1n) is 5.75. The van der Waals surface area contributed by atoms with Crippen molar-refractivity contribution in [1.82, 2.24) is 4.98 Å². The van der Waals surface area contributed by atoms with Gasteiger partial charge >= 0.3 is 5.97 Å². The third kappa shape index (κ3) is 2.81. The first-order valence-corrected chi connectivity index (χ1v) is 5.75. The number of aromatic nitrogens is 1. The Balaban J connectivity index is 2.33. The van der Waals surface area contributed by atoms with E-state index in [-0.39, 0.29) is 11.5 Å². The van der Waals surface area contributed by atoms with E-state index >= 15 is 0 Å². The van der Waals surface area contributed by atoms with E-state index in [1.54, 1.807) is 27.0 Å². The molecule has 0 aromatic carbocycles. The molecule has 4 heteroatoms. The SMILES string of the molecule is CC(C)(C)OC(=O)c1c(F)cncc1C1CC1. The summed E-state index contributed by atoms with van der Waals surface area (Å²) in [5.74, 6) is -0.927. The highest BCUT2D eigenvalue weighted by molar-refractivity contribution is 5.91. The van der Waals surface area contributed by atoms with Crippen LogP contribution in [-0.2, 0) is 4.74 Å². The number of ether oxygens (including phenoxy) is 1. The van der Waals surface area contributed by atoms with Gasteiger partial charge in [0.05, 0.1) is 6.20 Å². The fourth-order valence-electron chi connectivity index (χ4n) is 1.70. The Labute approximate surface area is 100 Å². The molecule has 1 aromatic heterocycles. The van der Waals surface area contributed by atoms with Crippen molar-refractivity contribution in [2.45, 2.75) is 45.1 Å². The molecule has 1 aromatic rings. The molecule has 92 valence electrons. The average Bonchev–Trinajstić information content (AvgIpc) is 2.96. The Morgan fingerprint density at radius 3 is 2.59 bits per heavy atom. The number of carbonyl (C=O) groups excluding carboxylic acids is 1. The molecule has 0 N–H and O–H groups in total. The summed E-state index contributed by atoms with van der Waals surface area (Å²) in [7, 11) is 0. The maximum atomic E-state index is 13.7. The quantitative estimate of drug-likeness (QED) is 0.742. The molecule has 1 aliphatic carbocycles. The highest BCUT2D eigenvalue weighted by Gasteiger charge is 2.32. The van der Waals surface area contributed by atoms with Crippen LogP contribution >= 0.6 is 0 Å². The number of carbonyl (C=O) groups is 1. The van der Waals surface area contributed by atoms with E-state index in [1.165, 1.54) is 0 Å². The molecule has 1 heterocycles. The maximum absolute atomic E-state index is 13.7. The van der Waals surface area contributed by atoms with E-state index in [2.05, 4.69) is 4.98 Å². The van der Waals surface area contributed by atoms with Crippen LogP contribution in [0.1, 0.15) is 55.5 Å². The van der Waals surface area contributed by atoms with Crippen LogP contribution in [0.2, 0.25) is 0 Å². The van der Waals surface area contributed by atoms with Gasteiger partial charge in [-0.1, -0.05) is 0 Å². The smallest absolute Gasteiger partial charge is 0.342 e. The van der Waals surface area contributed by atoms with Gasteiger partial charge in [0.1, 0.15) is 11.2 Å². The van der Waals surface area contributed by atoms with Crippen LogP contribution in [0, 0.1) is 5.82 Å². The summed E-state index contributed by atoms with van der Waals surface area (Å²) in [6.07, 6.45) is 4.60. The third-order valence-electron chi connectivity index (χ3n) is 2.55. The van der Waals surface area contributed by atoms with Crippen molar-refractivity contribution in [1.29, 1.82) is 0 Å². The Morgan fingerprint density at radius 1 is 1.41 bits per heavy atom. The van der Waals surface area contributed by atoms with E-state index in [0.717, 1.165) is 19.0 Å². The first-order chi connectivity index (χ1) is 7.88. The number of halogens is 1. The van der Waals surface area contributed by atoms with Crippen molar-refractivity contribution in [3.63, 3.8) is 0 Å². The normalized spacial score (nSPS) is 15.8. The van der Waals surface area contributed by atoms with Crippen LogP contribution in [0.25, 0.3) is 0 Å². The Morgan fingerprint density at radius 2 is 2.06 bits per heavy atom. The summed E-state index contributed by atoms with van der Waals surface area (Å²) in [6.45, 7) is 5.29. The molecule has 0 bridgehead atoms. The molecule has 1 aliphatic rings. The molecule has 0 aliphatic heterocycles. The van der Waals surface area contributed by atoms with Gasteiger partial charge in [-0.3, -0.25) is 4.98 Å². The van der Waals surface area contributed by atoms with E-state index in [1.807, 2.05) is 0 Å². The zero-order valence-corrected chi connectivity index (χ0v) is 10.3. The van der Waals surface area contributed by atoms with Crippen LogP contribution in [0.15, 0.2) is 12.4 Å². The number of rotatable bonds is 2. The molecule has 0 unspecified atom stereocenters. The monoisotopic (exact) mass is 237 g/mol. The molecule has 17 heavy (non-hydrogen) atoms. The third-order valence-corrected chi connectivity index (χ3v) is 2.55. The van der Waals surface area contributed by atoms with Crippen molar-refractivity contribution in [3.8, 4) is 0 Å². The minimum absolute atomic E-state index is 0.0532. The predicted octanol–water partition coefficient (Wildman–Crippen LogP) is 3.05. The number of pyridine rings is 1. The number of hydrogen-bond acceptors (Lipinski definition) is 3. The summed E-state index contributed by atoms with van der Waals surface area (Å²) in [5.41, 5.74) is 0.116. The van der Waals surface area contributed by atoms with Crippen LogP contribution in [0.5, 0.6) is 0 Å². The highest BCUT2D eigenvalue weighted by Crippen LogP contribution is 2.42. The lowest BCUT2D eigenvalue weighted by molar-refractivity contribution is 0.00631. The van der Waals surface area contributed by atoms with Gasteiger partial charge in [-0.15, -0.1) is 0 Å². The Kier molecular flexibility index (Phi) is 2.89. The summed E-state index contributed by atoms with van der Waals surface area (Å²) >= 11 is 0. The molecule has 1 fully saturated rings. The number of hydrogen-bond donors (Lipinski definition) is 0. The van der Waals surface area contributed by atoms with Gasteiger partial charge in [0.15, 0.2) is 5.82 Å². The minimum Gasteiger partial charge on any atom is -0.456 e. The zero-order valence-electron chi connectivity index (χ0n) is 10.3. The van der Waals surface area contributed by atoms with Gasteiger partial charge in [-0.2, -0.15) is 0 Å². The van der Waals surface area contributed by atoms with Crippen molar-refractivity contribution in [2.75, 3.05) is 0 Å². The minimum atomic E-state index is -0.617. The van der Waals surface area contributed by atoms with Gasteiger partial charge < -0.3 is 4.74 Å². The summed E-state index contributed by atoms with van der Waals surface area (Å²) in [5, 5.41) is 0. The second kappa shape index (κ2) is 4.09. The van der Waals surface area contributed by atoms with Crippen molar-refractivity contribution >= 4 is 5.97 Å². The molecule has 2 rings (SSSR count). The topological polar surface area (TPSA) is 39.2 Å². The van der Waals surface area contributed by atoms with Crippen LogP contribution in [0.4, 0.5) is 4.39 Å². The maximum Gasteiger partial charge on any atom is 0.342 e. The highest BCUT2D eigenvalue weighted by atomic mass is 19.1. The molecular weight excluding hydrogens is 221 g/mol. The van der Waals surface area contributed by atoms with E-state index in [0.29, 0.717) is 5.56 Å². The second-order valence-corrected chi connectivity index (χ2v) is 5.36. The van der Waals surface area contributed by atoms with Gasteiger partial charge in [0.2, 0.25) is 0 Å². The number of nitrogens with zero attached hydrogens (tertiary/aromatic N) is 1. The Bertz CT molecular complexity index is 447. The van der Waals surface area contributed by atoms with Gasteiger partial charge in [0, 0.05) is 6.20 Å². The van der Waals surface area contributed by atoms with E-state index < -0.39 is 17.4 Å². The van der Waals surface area contributed by atoms with Crippen molar-refractivity contribution in [3.05, 3.63) is 29.3 Å². The van der Waals surface area contributed by atoms with Crippen LogP contribution in [0.3, 0.4) is 0 Å². The second-order valence-electron chi connectivity index (χ2n) is 5.36. The first kappa shape index (κ1) is 12.0. The van der Waals surface area contributed by atoms with E-state index in [4.69, 9.17) is 4.74 Å². The van der Waals surface area contributed by atoms with E-state index in [9.17, 15) is 9.18 Å². The summed E-state index contributed by atoms with van der Waals surface area (Å²) in [4.78, 5) is 15.7. The fraction of sp³-hybridized carbons (Fsp3) is 0.538.